The molecule has 1 atom stereocenters. The number of nitrogens with zero attached hydrogens (tertiary/aromatic N) is 2. The minimum atomic E-state index is 0.158. The molecule has 0 spiro atoms. The first-order chi connectivity index (χ1) is 9.81. The van der Waals surface area contributed by atoms with E-state index in [-0.39, 0.29) is 6.04 Å². The van der Waals surface area contributed by atoms with Crippen molar-refractivity contribution in [3.05, 3.63) is 58.3 Å². The van der Waals surface area contributed by atoms with Gasteiger partial charge in [0.05, 0.1) is 17.2 Å². The van der Waals surface area contributed by atoms with Crippen molar-refractivity contribution in [2.24, 2.45) is 0 Å². The predicted octanol–water partition coefficient (Wildman–Crippen LogP) is 3.70. The summed E-state index contributed by atoms with van der Waals surface area (Å²) in [6.45, 7) is 5.10. The highest BCUT2D eigenvalue weighted by atomic mass is 32.1. The molecule has 0 amide bonds. The Balaban J connectivity index is 2.17. The van der Waals surface area contributed by atoms with Crippen LogP contribution in [-0.4, -0.2) is 16.5 Å². The average molecular weight is 283 g/mol. The molecule has 2 aromatic heterocycles. The summed E-state index contributed by atoms with van der Waals surface area (Å²) in [6.07, 6.45) is 3.89. The van der Waals surface area contributed by atoms with Crippen LogP contribution in [0.2, 0.25) is 0 Å². The molecular weight excluding hydrogens is 266 g/mol. The molecule has 2 heterocycles. The molecule has 3 aromatic rings. The fourth-order valence-electron chi connectivity index (χ4n) is 2.51. The lowest BCUT2D eigenvalue weighted by Crippen LogP contribution is -2.22. The Labute approximate surface area is 122 Å². The zero-order chi connectivity index (χ0) is 13.9. The lowest BCUT2D eigenvalue weighted by Gasteiger charge is -2.19. The van der Waals surface area contributed by atoms with Gasteiger partial charge in [0.15, 0.2) is 0 Å². The number of benzene rings is 1. The lowest BCUT2D eigenvalue weighted by atomic mass is 10.00. The highest BCUT2D eigenvalue weighted by molar-refractivity contribution is 7.09. The van der Waals surface area contributed by atoms with Crippen molar-refractivity contribution in [3.63, 3.8) is 0 Å². The summed E-state index contributed by atoms with van der Waals surface area (Å²) in [5, 5.41) is 5.99. The van der Waals surface area contributed by atoms with Crippen LogP contribution in [0.5, 0.6) is 0 Å². The van der Waals surface area contributed by atoms with Crippen molar-refractivity contribution in [2.75, 3.05) is 6.54 Å². The molecule has 0 radical (unpaired) electrons. The minimum absolute atomic E-state index is 0.158. The van der Waals surface area contributed by atoms with Crippen LogP contribution in [0.1, 0.15) is 29.1 Å². The van der Waals surface area contributed by atoms with Crippen LogP contribution in [0, 0.1) is 6.92 Å². The van der Waals surface area contributed by atoms with Gasteiger partial charge in [-0.1, -0.05) is 31.2 Å². The highest BCUT2D eigenvalue weighted by Gasteiger charge is 2.19. The number of aryl methyl sites for hydroxylation is 1. The van der Waals surface area contributed by atoms with E-state index in [0.717, 1.165) is 12.2 Å². The van der Waals surface area contributed by atoms with Crippen LogP contribution in [0.4, 0.5) is 0 Å². The summed E-state index contributed by atoms with van der Waals surface area (Å²) in [4.78, 5) is 10.1. The van der Waals surface area contributed by atoms with E-state index in [9.17, 15) is 0 Å². The van der Waals surface area contributed by atoms with E-state index in [0.29, 0.717) is 0 Å². The second kappa shape index (κ2) is 5.69. The molecule has 0 saturated heterocycles. The standard InChI is InChI=1S/C16H17N3S/c1-3-18-15(16-11(2)19-10-20-16)14-9-17-8-12-6-4-5-7-13(12)14/h4-10,15,18H,3H2,1-2H3. The Morgan fingerprint density at radius 3 is 2.85 bits per heavy atom. The van der Waals surface area contributed by atoms with E-state index < -0.39 is 0 Å². The lowest BCUT2D eigenvalue weighted by molar-refractivity contribution is 0.637. The Kier molecular flexibility index (Phi) is 3.76. The van der Waals surface area contributed by atoms with Gasteiger partial charge in [0.2, 0.25) is 0 Å². The largest absolute Gasteiger partial charge is 0.306 e. The van der Waals surface area contributed by atoms with Crippen LogP contribution in [0.25, 0.3) is 10.8 Å². The third-order valence-electron chi connectivity index (χ3n) is 3.46. The maximum atomic E-state index is 4.40. The molecule has 0 aliphatic carbocycles. The zero-order valence-corrected chi connectivity index (χ0v) is 12.4. The van der Waals surface area contributed by atoms with Crippen molar-refractivity contribution >= 4 is 22.1 Å². The smallest absolute Gasteiger partial charge is 0.0798 e. The van der Waals surface area contributed by atoms with E-state index >= 15 is 0 Å². The van der Waals surface area contributed by atoms with E-state index in [1.807, 2.05) is 24.0 Å². The first-order valence-corrected chi connectivity index (χ1v) is 7.65. The van der Waals surface area contributed by atoms with E-state index in [2.05, 4.69) is 47.3 Å². The molecule has 3 nitrogen and oxygen atoms in total. The number of aromatic nitrogens is 2. The molecule has 1 aromatic carbocycles. The Morgan fingerprint density at radius 2 is 2.10 bits per heavy atom. The number of nitrogens with one attached hydrogen (secondary N) is 1. The minimum Gasteiger partial charge on any atom is -0.306 e. The van der Waals surface area contributed by atoms with Crippen molar-refractivity contribution < 1.29 is 0 Å². The van der Waals surface area contributed by atoms with E-state index in [1.165, 1.54) is 21.2 Å². The number of hydrogen-bond acceptors (Lipinski definition) is 4. The molecule has 0 fully saturated rings. The third-order valence-corrected chi connectivity index (χ3v) is 4.46. The van der Waals surface area contributed by atoms with Gasteiger partial charge in [-0.15, -0.1) is 11.3 Å². The molecule has 0 aliphatic rings. The quantitative estimate of drug-likeness (QED) is 0.793. The maximum Gasteiger partial charge on any atom is 0.0798 e. The van der Waals surface area contributed by atoms with Gasteiger partial charge < -0.3 is 5.32 Å². The number of rotatable bonds is 4. The van der Waals surface area contributed by atoms with Crippen LogP contribution in [0.3, 0.4) is 0 Å². The van der Waals surface area contributed by atoms with Crippen molar-refractivity contribution in [2.45, 2.75) is 19.9 Å². The average Bonchev–Trinajstić information content (AvgIpc) is 2.90. The summed E-state index contributed by atoms with van der Waals surface area (Å²) >= 11 is 1.70. The molecule has 3 rings (SSSR count). The molecule has 102 valence electrons. The molecule has 1 unspecified atom stereocenters. The van der Waals surface area contributed by atoms with Crippen LogP contribution in [0.15, 0.2) is 42.2 Å². The van der Waals surface area contributed by atoms with Crippen LogP contribution in [-0.2, 0) is 0 Å². The van der Waals surface area contributed by atoms with Gasteiger partial charge in [-0.2, -0.15) is 0 Å². The SMILES string of the molecule is CCNC(c1scnc1C)c1cncc2ccccc12. The van der Waals surface area contributed by atoms with Gasteiger partial charge in [-0.25, -0.2) is 4.98 Å². The molecule has 20 heavy (non-hydrogen) atoms. The summed E-state index contributed by atoms with van der Waals surface area (Å²) < 4.78 is 0. The zero-order valence-electron chi connectivity index (χ0n) is 11.6. The van der Waals surface area contributed by atoms with E-state index in [1.54, 1.807) is 11.3 Å². The molecule has 1 N–H and O–H groups in total. The van der Waals surface area contributed by atoms with Crippen LogP contribution >= 0.6 is 11.3 Å². The van der Waals surface area contributed by atoms with Gasteiger partial charge >= 0.3 is 0 Å². The van der Waals surface area contributed by atoms with Gasteiger partial charge in [0.25, 0.3) is 0 Å². The first kappa shape index (κ1) is 13.2. The van der Waals surface area contributed by atoms with Crippen molar-refractivity contribution in [1.29, 1.82) is 0 Å². The first-order valence-electron chi connectivity index (χ1n) is 6.77. The monoisotopic (exact) mass is 283 g/mol. The second-order valence-corrected chi connectivity index (χ2v) is 5.63. The van der Waals surface area contributed by atoms with Gasteiger partial charge in [0, 0.05) is 28.2 Å². The molecule has 0 saturated carbocycles. The Bertz CT molecular complexity index is 715. The Morgan fingerprint density at radius 1 is 1.25 bits per heavy atom. The van der Waals surface area contributed by atoms with Crippen molar-refractivity contribution in [3.8, 4) is 0 Å². The molecule has 0 bridgehead atoms. The Hall–Kier alpha value is -1.78. The number of hydrogen-bond donors (Lipinski definition) is 1. The fraction of sp³-hybridized carbons (Fsp3) is 0.250. The highest BCUT2D eigenvalue weighted by Crippen LogP contribution is 2.31. The molecule has 0 aliphatic heterocycles. The predicted molar refractivity (Wildman–Crippen MR) is 84.1 cm³/mol. The summed E-state index contributed by atoms with van der Waals surface area (Å²) in [7, 11) is 0. The maximum absolute atomic E-state index is 4.40. The summed E-state index contributed by atoms with van der Waals surface area (Å²) in [5.74, 6) is 0. The van der Waals surface area contributed by atoms with E-state index in [4.69, 9.17) is 0 Å². The van der Waals surface area contributed by atoms with Gasteiger partial charge in [-0.05, 0) is 18.9 Å². The number of thiazole rings is 1. The normalized spacial score (nSPS) is 12.7. The fourth-order valence-corrected chi connectivity index (χ4v) is 3.40. The van der Waals surface area contributed by atoms with Crippen LogP contribution < -0.4 is 5.32 Å². The third kappa shape index (κ3) is 2.32. The number of fused-ring (bicyclic) bond motifs is 1. The van der Waals surface area contributed by atoms with Gasteiger partial charge in [0.1, 0.15) is 0 Å². The van der Waals surface area contributed by atoms with Crippen molar-refractivity contribution in [1.82, 2.24) is 15.3 Å². The second-order valence-electron chi connectivity index (χ2n) is 4.74. The topological polar surface area (TPSA) is 37.8 Å². The summed E-state index contributed by atoms with van der Waals surface area (Å²) in [6, 6.07) is 8.55. The molecular formula is C16H17N3S. The van der Waals surface area contributed by atoms with Gasteiger partial charge in [-0.3, -0.25) is 4.98 Å². The molecule has 4 heteroatoms. The number of pyridine rings is 1. The summed E-state index contributed by atoms with van der Waals surface area (Å²) in [5.41, 5.74) is 4.22.